The number of thioether (sulfide) groups is 1. The van der Waals surface area contributed by atoms with Gasteiger partial charge >= 0.3 is 0 Å². The summed E-state index contributed by atoms with van der Waals surface area (Å²) >= 11 is 7.17. The van der Waals surface area contributed by atoms with Crippen molar-refractivity contribution >= 4 is 46.0 Å². The molecule has 0 saturated heterocycles. The minimum absolute atomic E-state index is 0.0730. The Morgan fingerprint density at radius 3 is 2.68 bits per heavy atom. The molecule has 0 bridgehead atoms. The maximum absolute atomic E-state index is 12.4. The van der Waals surface area contributed by atoms with Crippen molar-refractivity contribution in [2.24, 2.45) is 0 Å². The van der Waals surface area contributed by atoms with E-state index in [9.17, 15) is 9.90 Å². The number of anilines is 1. The highest BCUT2D eigenvalue weighted by Gasteiger charge is 2.14. The van der Waals surface area contributed by atoms with Crippen molar-refractivity contribution in [1.29, 1.82) is 0 Å². The number of carbonyl (C=O) groups is 1. The van der Waals surface area contributed by atoms with E-state index in [0.717, 1.165) is 21.9 Å². The van der Waals surface area contributed by atoms with Gasteiger partial charge in [-0.1, -0.05) is 53.7 Å². The fourth-order valence-electron chi connectivity index (χ4n) is 3.08. The summed E-state index contributed by atoms with van der Waals surface area (Å²) in [7, 11) is 0. The monoisotopic (exact) mass is 453 g/mol. The summed E-state index contributed by atoms with van der Waals surface area (Å²) in [5.74, 6) is 0.631. The molecular formula is C23H20ClN3O3S. The lowest BCUT2D eigenvalue weighted by Crippen LogP contribution is -2.15. The van der Waals surface area contributed by atoms with Gasteiger partial charge in [0.25, 0.3) is 0 Å². The van der Waals surface area contributed by atoms with Crippen LogP contribution in [0.4, 0.5) is 5.69 Å². The largest absolute Gasteiger partial charge is 0.506 e. The number of nitrogens with one attached hydrogen (secondary N) is 1. The molecule has 3 aromatic carbocycles. The Hall–Kier alpha value is -3.16. The quantitative estimate of drug-likeness (QED) is 0.283. The number of halogens is 1. The number of benzene rings is 3. The molecule has 0 unspecified atom stereocenters. The van der Waals surface area contributed by atoms with Crippen molar-refractivity contribution in [3.8, 4) is 11.5 Å². The molecule has 0 spiro atoms. The lowest BCUT2D eigenvalue weighted by atomic mass is 10.3. The summed E-state index contributed by atoms with van der Waals surface area (Å²) < 4.78 is 7.89. The molecule has 8 heteroatoms. The molecule has 4 rings (SSSR count). The van der Waals surface area contributed by atoms with Gasteiger partial charge in [-0.25, -0.2) is 4.98 Å². The number of carbonyl (C=O) groups excluding carboxylic acids is 1. The van der Waals surface area contributed by atoms with Crippen LogP contribution in [-0.2, 0) is 11.3 Å². The Morgan fingerprint density at radius 1 is 1.10 bits per heavy atom. The molecule has 31 heavy (non-hydrogen) atoms. The zero-order chi connectivity index (χ0) is 21.6. The second kappa shape index (κ2) is 9.76. The van der Waals surface area contributed by atoms with E-state index in [2.05, 4.69) is 14.9 Å². The van der Waals surface area contributed by atoms with Gasteiger partial charge < -0.3 is 19.7 Å². The third-order valence-electron chi connectivity index (χ3n) is 4.51. The number of rotatable bonds is 8. The second-order valence-corrected chi connectivity index (χ2v) is 8.07. The Kier molecular flexibility index (Phi) is 6.64. The van der Waals surface area contributed by atoms with E-state index in [1.54, 1.807) is 12.1 Å². The molecule has 0 aliphatic heterocycles. The lowest BCUT2D eigenvalue weighted by molar-refractivity contribution is -0.113. The number of para-hydroxylation sites is 3. The number of nitrogens with zero attached hydrogens (tertiary/aromatic N) is 2. The number of aromatic nitrogens is 2. The summed E-state index contributed by atoms with van der Waals surface area (Å²) in [5, 5.41) is 13.7. The molecule has 1 amide bonds. The first-order valence-corrected chi connectivity index (χ1v) is 11.0. The molecular weight excluding hydrogens is 434 g/mol. The second-order valence-electron chi connectivity index (χ2n) is 6.69. The van der Waals surface area contributed by atoms with E-state index < -0.39 is 0 Å². The van der Waals surface area contributed by atoms with Crippen LogP contribution in [0.15, 0.2) is 78.0 Å². The fraction of sp³-hybridized carbons (Fsp3) is 0.130. The summed E-state index contributed by atoms with van der Waals surface area (Å²) in [6.07, 6.45) is 0. The van der Waals surface area contributed by atoms with Crippen LogP contribution in [0.1, 0.15) is 0 Å². The first-order chi connectivity index (χ1) is 15.1. The molecule has 0 atom stereocenters. The molecule has 158 valence electrons. The van der Waals surface area contributed by atoms with Gasteiger partial charge in [0, 0.05) is 11.1 Å². The number of ether oxygens (including phenoxy) is 1. The van der Waals surface area contributed by atoms with Crippen LogP contribution in [-0.4, -0.2) is 32.9 Å². The van der Waals surface area contributed by atoms with Crippen molar-refractivity contribution in [2.75, 3.05) is 17.7 Å². The van der Waals surface area contributed by atoms with Crippen LogP contribution in [0.25, 0.3) is 11.0 Å². The van der Waals surface area contributed by atoms with Crippen molar-refractivity contribution in [3.05, 3.63) is 77.8 Å². The summed E-state index contributed by atoms with van der Waals surface area (Å²) in [6, 6.07) is 22.0. The highest BCUT2D eigenvalue weighted by Crippen LogP contribution is 2.28. The number of amides is 1. The van der Waals surface area contributed by atoms with E-state index in [1.165, 1.54) is 17.8 Å². The molecule has 2 N–H and O–H groups in total. The predicted octanol–water partition coefficient (Wildman–Crippen LogP) is 5.21. The summed E-state index contributed by atoms with van der Waals surface area (Å²) in [5.41, 5.74) is 2.16. The number of fused-ring (bicyclic) bond motifs is 1. The molecule has 4 aromatic rings. The van der Waals surface area contributed by atoms with Crippen LogP contribution >= 0.6 is 23.4 Å². The Morgan fingerprint density at radius 2 is 1.87 bits per heavy atom. The minimum Gasteiger partial charge on any atom is -0.506 e. The molecule has 0 aliphatic rings. The van der Waals surface area contributed by atoms with Crippen molar-refractivity contribution < 1.29 is 14.6 Å². The number of phenols is 1. The van der Waals surface area contributed by atoms with Gasteiger partial charge in [0.2, 0.25) is 5.91 Å². The molecule has 1 aromatic heterocycles. The number of aromatic hydroxyl groups is 1. The number of hydrogen-bond donors (Lipinski definition) is 2. The Bertz CT molecular complexity index is 1200. The van der Waals surface area contributed by atoms with E-state index in [4.69, 9.17) is 16.3 Å². The first-order valence-electron chi connectivity index (χ1n) is 9.64. The molecule has 0 aliphatic carbocycles. The maximum Gasteiger partial charge on any atom is 0.234 e. The van der Waals surface area contributed by atoms with Gasteiger partial charge in [0.05, 0.1) is 29.0 Å². The standard InChI is InChI=1S/C23H20ClN3O3S/c24-16-10-11-19(21(28)14-16)25-22(29)15-31-23-26-18-8-4-5-9-20(18)27(23)12-13-30-17-6-2-1-3-7-17/h1-11,14,28H,12-13,15H2,(H,25,29). The third kappa shape index (κ3) is 5.31. The van der Waals surface area contributed by atoms with Crippen LogP contribution < -0.4 is 10.1 Å². The molecule has 0 fully saturated rings. The number of hydrogen-bond acceptors (Lipinski definition) is 5. The fourth-order valence-corrected chi connectivity index (χ4v) is 4.09. The van der Waals surface area contributed by atoms with E-state index in [1.807, 2.05) is 54.6 Å². The Labute approximate surface area is 188 Å². The first kappa shape index (κ1) is 21.1. The van der Waals surface area contributed by atoms with E-state index in [-0.39, 0.29) is 17.4 Å². The SMILES string of the molecule is O=C(CSc1nc2ccccc2n1CCOc1ccccc1)Nc1ccc(Cl)cc1O. The van der Waals surface area contributed by atoms with Gasteiger partial charge in [-0.2, -0.15) is 0 Å². The van der Waals surface area contributed by atoms with Crippen molar-refractivity contribution in [1.82, 2.24) is 9.55 Å². The molecule has 6 nitrogen and oxygen atoms in total. The van der Waals surface area contributed by atoms with Crippen LogP contribution in [0.3, 0.4) is 0 Å². The number of phenolic OH excluding ortho intramolecular Hbond substituents is 1. The van der Waals surface area contributed by atoms with Gasteiger partial charge in [0.1, 0.15) is 18.1 Å². The zero-order valence-electron chi connectivity index (χ0n) is 16.5. The lowest BCUT2D eigenvalue weighted by Gasteiger charge is -2.11. The summed E-state index contributed by atoms with van der Waals surface area (Å²) in [4.78, 5) is 17.1. The Balaban J connectivity index is 1.44. The van der Waals surface area contributed by atoms with Gasteiger partial charge in [-0.3, -0.25) is 4.79 Å². The molecule has 0 radical (unpaired) electrons. The smallest absolute Gasteiger partial charge is 0.234 e. The van der Waals surface area contributed by atoms with Gasteiger partial charge in [0.15, 0.2) is 5.16 Å². The average molecular weight is 454 g/mol. The maximum atomic E-state index is 12.4. The van der Waals surface area contributed by atoms with Crippen LogP contribution in [0.2, 0.25) is 5.02 Å². The van der Waals surface area contributed by atoms with Gasteiger partial charge in [-0.15, -0.1) is 0 Å². The minimum atomic E-state index is -0.248. The average Bonchev–Trinajstić information content (AvgIpc) is 3.13. The van der Waals surface area contributed by atoms with Gasteiger partial charge in [-0.05, 0) is 36.4 Å². The van der Waals surface area contributed by atoms with E-state index >= 15 is 0 Å². The van der Waals surface area contributed by atoms with Crippen molar-refractivity contribution in [3.63, 3.8) is 0 Å². The summed E-state index contributed by atoms with van der Waals surface area (Å²) in [6.45, 7) is 1.07. The third-order valence-corrected chi connectivity index (χ3v) is 5.72. The highest BCUT2D eigenvalue weighted by atomic mass is 35.5. The number of imidazole rings is 1. The van der Waals surface area contributed by atoms with Crippen molar-refractivity contribution in [2.45, 2.75) is 11.7 Å². The zero-order valence-corrected chi connectivity index (χ0v) is 18.1. The molecule has 0 saturated carbocycles. The van der Waals surface area contributed by atoms with Crippen LogP contribution in [0.5, 0.6) is 11.5 Å². The highest BCUT2D eigenvalue weighted by molar-refractivity contribution is 7.99. The normalized spacial score (nSPS) is 10.9. The van der Waals surface area contributed by atoms with E-state index in [0.29, 0.717) is 23.9 Å². The van der Waals surface area contributed by atoms with Crippen LogP contribution in [0, 0.1) is 0 Å². The topological polar surface area (TPSA) is 76.4 Å². The molecule has 1 heterocycles. The predicted molar refractivity (Wildman–Crippen MR) is 124 cm³/mol.